The summed E-state index contributed by atoms with van der Waals surface area (Å²) in [6.07, 6.45) is 3.93. The van der Waals surface area contributed by atoms with Gasteiger partial charge in [-0.05, 0) is 58.1 Å². The van der Waals surface area contributed by atoms with E-state index in [2.05, 4.69) is 17.1 Å². The number of ether oxygens (including phenoxy) is 1. The van der Waals surface area contributed by atoms with Crippen LogP contribution in [0.3, 0.4) is 0 Å². The Hall–Kier alpha value is -1.23. The van der Waals surface area contributed by atoms with Crippen molar-refractivity contribution in [3.63, 3.8) is 0 Å². The number of aryl methyl sites for hydroxylation is 1. The number of carbonyl (C=O) groups is 1. The average Bonchev–Trinajstić information content (AvgIpc) is 2.45. The van der Waals surface area contributed by atoms with E-state index in [-0.39, 0.29) is 6.09 Å². The van der Waals surface area contributed by atoms with Crippen LogP contribution in [0.2, 0.25) is 0 Å². The number of rotatable bonds is 3. The van der Waals surface area contributed by atoms with Crippen LogP contribution in [0.5, 0.6) is 0 Å². The maximum absolute atomic E-state index is 12.2. The Kier molecular flexibility index (Phi) is 5.73. The van der Waals surface area contributed by atoms with Gasteiger partial charge in [-0.3, -0.25) is 0 Å². The topological polar surface area (TPSA) is 42.4 Å². The number of aromatic nitrogens is 1. The zero-order chi connectivity index (χ0) is 16.2. The standard InChI is InChI=1S/C17H26N2O2S/c1-13-7-8-15(18-10-13)22-12-14-6-5-9-19(11-14)16(20)21-17(2,3)4/h7-8,10,14H,5-6,9,11-12H2,1-4H3. The third-order valence-electron chi connectivity index (χ3n) is 3.52. The molecule has 2 heterocycles. The summed E-state index contributed by atoms with van der Waals surface area (Å²) in [7, 11) is 0. The molecule has 0 aliphatic carbocycles. The fourth-order valence-electron chi connectivity index (χ4n) is 2.44. The lowest BCUT2D eigenvalue weighted by molar-refractivity contribution is 0.0177. The monoisotopic (exact) mass is 322 g/mol. The van der Waals surface area contributed by atoms with Crippen LogP contribution in [0.25, 0.3) is 0 Å². The zero-order valence-corrected chi connectivity index (χ0v) is 14.8. The second-order valence-electron chi connectivity index (χ2n) is 6.92. The molecule has 1 aromatic heterocycles. The molecule has 122 valence electrons. The first-order chi connectivity index (χ1) is 10.3. The normalized spacial score (nSPS) is 19.1. The minimum absolute atomic E-state index is 0.185. The molecule has 0 saturated carbocycles. The van der Waals surface area contributed by atoms with Gasteiger partial charge >= 0.3 is 6.09 Å². The van der Waals surface area contributed by atoms with Crippen LogP contribution in [0.4, 0.5) is 4.79 Å². The number of hydrogen-bond donors (Lipinski definition) is 0. The van der Waals surface area contributed by atoms with E-state index in [9.17, 15) is 4.79 Å². The van der Waals surface area contributed by atoms with Crippen molar-refractivity contribution in [2.75, 3.05) is 18.8 Å². The Morgan fingerprint density at radius 1 is 1.45 bits per heavy atom. The molecular weight excluding hydrogens is 296 g/mol. The number of thioether (sulfide) groups is 1. The molecule has 1 aliphatic rings. The molecule has 5 heteroatoms. The maximum atomic E-state index is 12.2. The van der Waals surface area contributed by atoms with Crippen LogP contribution >= 0.6 is 11.8 Å². The van der Waals surface area contributed by atoms with Gasteiger partial charge in [-0.15, -0.1) is 11.8 Å². The van der Waals surface area contributed by atoms with Crippen LogP contribution in [0.15, 0.2) is 23.4 Å². The second-order valence-corrected chi connectivity index (χ2v) is 7.96. The summed E-state index contributed by atoms with van der Waals surface area (Å²) in [4.78, 5) is 18.4. The number of hydrogen-bond acceptors (Lipinski definition) is 4. The van der Waals surface area contributed by atoms with E-state index in [4.69, 9.17) is 4.74 Å². The van der Waals surface area contributed by atoms with Gasteiger partial charge in [0, 0.05) is 25.0 Å². The highest BCUT2D eigenvalue weighted by atomic mass is 32.2. The number of nitrogens with zero attached hydrogens (tertiary/aromatic N) is 2. The highest BCUT2D eigenvalue weighted by Gasteiger charge is 2.27. The maximum Gasteiger partial charge on any atom is 0.410 e. The van der Waals surface area contributed by atoms with Crippen molar-refractivity contribution in [3.05, 3.63) is 23.9 Å². The van der Waals surface area contributed by atoms with Gasteiger partial charge < -0.3 is 9.64 Å². The lowest BCUT2D eigenvalue weighted by Gasteiger charge is -2.34. The highest BCUT2D eigenvalue weighted by molar-refractivity contribution is 7.99. The third kappa shape index (κ3) is 5.52. The smallest absolute Gasteiger partial charge is 0.410 e. The van der Waals surface area contributed by atoms with Crippen LogP contribution in [0.1, 0.15) is 39.2 Å². The SMILES string of the molecule is Cc1ccc(SCC2CCCN(C(=O)OC(C)(C)C)C2)nc1. The summed E-state index contributed by atoms with van der Waals surface area (Å²) in [6, 6.07) is 4.15. The minimum atomic E-state index is -0.426. The molecule has 0 bridgehead atoms. The molecule has 0 N–H and O–H groups in total. The van der Waals surface area contributed by atoms with E-state index in [0.717, 1.165) is 36.7 Å². The fraction of sp³-hybridized carbons (Fsp3) is 0.647. The molecular formula is C17H26N2O2S. The van der Waals surface area contributed by atoms with E-state index in [1.807, 2.05) is 38.8 Å². The molecule has 1 saturated heterocycles. The molecule has 1 amide bonds. The lowest BCUT2D eigenvalue weighted by atomic mass is 10.0. The predicted octanol–water partition coefficient (Wildman–Crippen LogP) is 4.13. The van der Waals surface area contributed by atoms with E-state index in [1.54, 1.807) is 11.8 Å². The van der Waals surface area contributed by atoms with Crippen molar-refractivity contribution in [2.45, 2.75) is 51.2 Å². The van der Waals surface area contributed by atoms with Crippen molar-refractivity contribution in [1.82, 2.24) is 9.88 Å². The Morgan fingerprint density at radius 2 is 2.23 bits per heavy atom. The minimum Gasteiger partial charge on any atom is -0.444 e. The number of amides is 1. The largest absolute Gasteiger partial charge is 0.444 e. The summed E-state index contributed by atoms with van der Waals surface area (Å²) in [5.41, 5.74) is 0.753. The first-order valence-corrected chi connectivity index (χ1v) is 8.85. The Morgan fingerprint density at radius 3 is 2.86 bits per heavy atom. The zero-order valence-electron chi connectivity index (χ0n) is 14.0. The summed E-state index contributed by atoms with van der Waals surface area (Å²) in [6.45, 7) is 9.36. The van der Waals surface area contributed by atoms with Crippen molar-refractivity contribution in [2.24, 2.45) is 5.92 Å². The van der Waals surface area contributed by atoms with Gasteiger partial charge in [0.05, 0.1) is 5.03 Å². The fourth-order valence-corrected chi connectivity index (χ4v) is 3.41. The van der Waals surface area contributed by atoms with Gasteiger partial charge in [0.15, 0.2) is 0 Å². The van der Waals surface area contributed by atoms with Crippen molar-refractivity contribution >= 4 is 17.9 Å². The Labute approximate surface area is 137 Å². The first-order valence-electron chi connectivity index (χ1n) is 7.87. The molecule has 0 radical (unpaired) electrons. The van der Waals surface area contributed by atoms with Crippen molar-refractivity contribution in [3.8, 4) is 0 Å². The van der Waals surface area contributed by atoms with E-state index in [1.165, 1.54) is 5.56 Å². The van der Waals surface area contributed by atoms with Gasteiger partial charge in [0.25, 0.3) is 0 Å². The summed E-state index contributed by atoms with van der Waals surface area (Å²) >= 11 is 1.77. The van der Waals surface area contributed by atoms with Crippen LogP contribution in [-0.2, 0) is 4.74 Å². The lowest BCUT2D eigenvalue weighted by Crippen LogP contribution is -2.43. The van der Waals surface area contributed by atoms with Gasteiger partial charge in [-0.1, -0.05) is 6.07 Å². The summed E-state index contributed by atoms with van der Waals surface area (Å²) < 4.78 is 5.47. The second kappa shape index (κ2) is 7.36. The van der Waals surface area contributed by atoms with E-state index >= 15 is 0 Å². The van der Waals surface area contributed by atoms with Crippen molar-refractivity contribution in [1.29, 1.82) is 0 Å². The Balaban J connectivity index is 1.82. The molecule has 1 unspecified atom stereocenters. The highest BCUT2D eigenvalue weighted by Crippen LogP contribution is 2.25. The molecule has 2 rings (SSSR count). The third-order valence-corrected chi connectivity index (χ3v) is 4.70. The summed E-state index contributed by atoms with van der Waals surface area (Å²) in [5, 5.41) is 1.06. The molecule has 1 atom stereocenters. The average molecular weight is 322 g/mol. The van der Waals surface area contributed by atoms with Crippen LogP contribution in [-0.4, -0.2) is 40.4 Å². The van der Waals surface area contributed by atoms with Crippen LogP contribution < -0.4 is 0 Å². The number of likely N-dealkylation sites (tertiary alicyclic amines) is 1. The van der Waals surface area contributed by atoms with Crippen LogP contribution in [0, 0.1) is 12.8 Å². The molecule has 1 aromatic rings. The molecule has 22 heavy (non-hydrogen) atoms. The van der Waals surface area contributed by atoms with Gasteiger partial charge in [-0.25, -0.2) is 9.78 Å². The Bertz CT molecular complexity index is 496. The number of piperidine rings is 1. The molecule has 1 aliphatic heterocycles. The van der Waals surface area contributed by atoms with Gasteiger partial charge in [0.1, 0.15) is 5.60 Å². The van der Waals surface area contributed by atoms with Gasteiger partial charge in [0.2, 0.25) is 0 Å². The molecule has 0 aromatic carbocycles. The summed E-state index contributed by atoms with van der Waals surface area (Å²) in [5.74, 6) is 1.50. The molecule has 0 spiro atoms. The molecule has 1 fully saturated rings. The van der Waals surface area contributed by atoms with Gasteiger partial charge in [-0.2, -0.15) is 0 Å². The number of carbonyl (C=O) groups excluding carboxylic acids is 1. The van der Waals surface area contributed by atoms with E-state index < -0.39 is 5.60 Å². The first kappa shape index (κ1) is 17.1. The van der Waals surface area contributed by atoms with Crippen molar-refractivity contribution < 1.29 is 9.53 Å². The van der Waals surface area contributed by atoms with E-state index in [0.29, 0.717) is 5.92 Å². The molecule has 4 nitrogen and oxygen atoms in total. The predicted molar refractivity (Wildman–Crippen MR) is 90.2 cm³/mol. The number of pyridine rings is 1. The quantitative estimate of drug-likeness (QED) is 0.785.